The van der Waals surface area contributed by atoms with Crippen molar-refractivity contribution in [2.45, 2.75) is 19.9 Å². The van der Waals surface area contributed by atoms with Gasteiger partial charge in [0.05, 0.1) is 16.4 Å². The molecule has 3 aromatic rings. The first-order valence-electron chi connectivity index (χ1n) is 10.2. The normalized spacial score (nSPS) is 14.3. The molecule has 0 unspecified atom stereocenters. The summed E-state index contributed by atoms with van der Waals surface area (Å²) in [5.41, 5.74) is 1.02. The number of carbonyl (C=O) groups is 1. The van der Waals surface area contributed by atoms with E-state index in [1.165, 1.54) is 16.8 Å². The quantitative estimate of drug-likeness (QED) is 0.474. The predicted molar refractivity (Wildman–Crippen MR) is 118 cm³/mol. The molecule has 160 valence electrons. The Morgan fingerprint density at radius 3 is 2.19 bits per heavy atom. The van der Waals surface area contributed by atoms with Crippen molar-refractivity contribution in [3.63, 3.8) is 0 Å². The minimum atomic E-state index is -0.422. The number of piperazine rings is 1. The number of nitrogens with zero attached hydrogens (tertiary/aromatic N) is 5. The molecule has 0 spiro atoms. The van der Waals surface area contributed by atoms with E-state index in [0.717, 1.165) is 5.69 Å². The highest BCUT2D eigenvalue weighted by Crippen LogP contribution is 2.22. The fourth-order valence-electron chi connectivity index (χ4n) is 3.82. The van der Waals surface area contributed by atoms with Gasteiger partial charge in [-0.05, 0) is 32.0 Å². The molecule has 0 N–H and O–H groups in total. The molecule has 1 amide bonds. The van der Waals surface area contributed by atoms with Gasteiger partial charge in [-0.1, -0.05) is 18.2 Å². The summed E-state index contributed by atoms with van der Waals surface area (Å²) >= 11 is 0. The maximum absolute atomic E-state index is 13.3. The molecule has 0 aliphatic carbocycles. The Balaban J connectivity index is 1.56. The number of rotatable bonds is 4. The summed E-state index contributed by atoms with van der Waals surface area (Å²) in [6.07, 6.45) is 0. The summed E-state index contributed by atoms with van der Waals surface area (Å²) in [7, 11) is 0. The topological polar surface area (TPSA) is 102 Å². The highest BCUT2D eigenvalue weighted by atomic mass is 16.6. The second-order valence-corrected chi connectivity index (χ2v) is 7.79. The molecule has 0 bridgehead atoms. The van der Waals surface area contributed by atoms with Crippen molar-refractivity contribution >= 4 is 28.1 Å². The van der Waals surface area contributed by atoms with Gasteiger partial charge in [0.25, 0.3) is 17.2 Å². The van der Waals surface area contributed by atoms with E-state index in [9.17, 15) is 19.7 Å². The predicted octanol–water partition coefficient (Wildman–Crippen LogP) is 2.85. The van der Waals surface area contributed by atoms with Crippen LogP contribution in [-0.2, 0) is 0 Å². The van der Waals surface area contributed by atoms with Crippen LogP contribution in [0, 0.1) is 10.1 Å². The second kappa shape index (κ2) is 8.17. The zero-order valence-electron chi connectivity index (χ0n) is 17.4. The molecule has 0 radical (unpaired) electrons. The van der Waals surface area contributed by atoms with E-state index < -0.39 is 4.92 Å². The molecule has 1 aliphatic rings. The molecular formula is C22H23N5O4. The maximum Gasteiger partial charge on any atom is 0.275 e. The van der Waals surface area contributed by atoms with Crippen molar-refractivity contribution in [3.8, 4) is 0 Å². The van der Waals surface area contributed by atoms with Crippen LogP contribution >= 0.6 is 0 Å². The number of fused-ring (bicyclic) bond motifs is 1. The summed E-state index contributed by atoms with van der Waals surface area (Å²) in [6, 6.07) is 13.3. The molecule has 9 nitrogen and oxygen atoms in total. The van der Waals surface area contributed by atoms with Gasteiger partial charge in [0.1, 0.15) is 0 Å². The number of hydrogen-bond donors (Lipinski definition) is 0. The molecule has 0 saturated carbocycles. The summed E-state index contributed by atoms with van der Waals surface area (Å²) in [5, 5.41) is 16.3. The molecule has 9 heteroatoms. The monoisotopic (exact) mass is 421 g/mol. The van der Waals surface area contributed by atoms with Crippen molar-refractivity contribution in [2.75, 3.05) is 31.1 Å². The van der Waals surface area contributed by atoms with Gasteiger partial charge in [-0.25, -0.2) is 4.68 Å². The lowest BCUT2D eigenvalue weighted by Crippen LogP contribution is -2.49. The molecule has 4 rings (SSSR count). The number of non-ortho nitro benzene ring substituents is 1. The number of amides is 1. The number of hydrogen-bond acceptors (Lipinski definition) is 6. The number of anilines is 1. The Kier molecular flexibility index (Phi) is 5.41. The van der Waals surface area contributed by atoms with Gasteiger partial charge in [-0.3, -0.25) is 19.7 Å². The SMILES string of the molecule is CC(C)n1nc(C(=O)N2CCN(c3ccc([N+](=O)[O-])cc3)CC2)c2ccccc2c1=O. The van der Waals surface area contributed by atoms with Gasteiger partial charge >= 0.3 is 0 Å². The number of carbonyl (C=O) groups excluding carboxylic acids is 1. The smallest absolute Gasteiger partial charge is 0.275 e. The van der Waals surface area contributed by atoms with E-state index in [2.05, 4.69) is 10.00 Å². The lowest BCUT2D eigenvalue weighted by Gasteiger charge is -2.36. The fourth-order valence-corrected chi connectivity index (χ4v) is 3.82. The molecule has 1 aliphatic heterocycles. The van der Waals surface area contributed by atoms with Gasteiger partial charge in [0, 0.05) is 49.4 Å². The number of nitro benzene ring substituents is 1. The Bertz CT molecular complexity index is 1190. The Morgan fingerprint density at radius 1 is 1.00 bits per heavy atom. The Morgan fingerprint density at radius 2 is 1.61 bits per heavy atom. The average Bonchev–Trinajstić information content (AvgIpc) is 2.79. The summed E-state index contributed by atoms with van der Waals surface area (Å²) in [5.74, 6) is -0.200. The zero-order chi connectivity index (χ0) is 22.1. The molecule has 2 heterocycles. The highest BCUT2D eigenvalue weighted by molar-refractivity contribution is 6.04. The third-order valence-electron chi connectivity index (χ3n) is 5.51. The average molecular weight is 421 g/mol. The third-order valence-corrected chi connectivity index (χ3v) is 5.51. The van der Waals surface area contributed by atoms with E-state index in [1.54, 1.807) is 41.3 Å². The second-order valence-electron chi connectivity index (χ2n) is 7.79. The van der Waals surface area contributed by atoms with Gasteiger partial charge in [-0.2, -0.15) is 5.10 Å². The van der Waals surface area contributed by atoms with Crippen molar-refractivity contribution in [3.05, 3.63) is 74.7 Å². The van der Waals surface area contributed by atoms with Crippen LogP contribution in [0.3, 0.4) is 0 Å². The lowest BCUT2D eigenvalue weighted by molar-refractivity contribution is -0.384. The largest absolute Gasteiger partial charge is 0.368 e. The van der Waals surface area contributed by atoms with Crippen LogP contribution in [0.5, 0.6) is 0 Å². The van der Waals surface area contributed by atoms with Gasteiger partial charge in [0.15, 0.2) is 5.69 Å². The van der Waals surface area contributed by atoms with Gasteiger partial charge < -0.3 is 9.80 Å². The van der Waals surface area contributed by atoms with Crippen LogP contribution in [-0.4, -0.2) is 51.7 Å². The third kappa shape index (κ3) is 3.86. The molecule has 0 atom stereocenters. The van der Waals surface area contributed by atoms with E-state index in [4.69, 9.17) is 0 Å². The van der Waals surface area contributed by atoms with Crippen LogP contribution in [0.1, 0.15) is 30.4 Å². The minimum Gasteiger partial charge on any atom is -0.368 e. The maximum atomic E-state index is 13.3. The van der Waals surface area contributed by atoms with Gasteiger partial charge in [-0.15, -0.1) is 0 Å². The van der Waals surface area contributed by atoms with Crippen LogP contribution in [0.15, 0.2) is 53.3 Å². The fraction of sp³-hybridized carbons (Fsp3) is 0.318. The van der Waals surface area contributed by atoms with Crippen LogP contribution < -0.4 is 10.5 Å². The van der Waals surface area contributed by atoms with Crippen molar-refractivity contribution in [2.24, 2.45) is 0 Å². The first kappa shape index (κ1) is 20.5. The lowest BCUT2D eigenvalue weighted by atomic mass is 10.1. The zero-order valence-corrected chi connectivity index (χ0v) is 17.4. The van der Waals surface area contributed by atoms with Crippen LogP contribution in [0.4, 0.5) is 11.4 Å². The number of nitro groups is 1. The highest BCUT2D eigenvalue weighted by Gasteiger charge is 2.26. The molecule has 1 fully saturated rings. The molecule has 1 aromatic heterocycles. The summed E-state index contributed by atoms with van der Waals surface area (Å²) in [4.78, 5) is 40.3. The Labute approximate surface area is 178 Å². The minimum absolute atomic E-state index is 0.0517. The van der Waals surface area contributed by atoms with E-state index >= 15 is 0 Å². The summed E-state index contributed by atoms with van der Waals surface area (Å²) in [6.45, 7) is 5.91. The first-order valence-corrected chi connectivity index (χ1v) is 10.2. The van der Waals surface area contributed by atoms with E-state index in [-0.39, 0.29) is 28.9 Å². The van der Waals surface area contributed by atoms with Crippen molar-refractivity contribution in [1.29, 1.82) is 0 Å². The number of aromatic nitrogens is 2. The molecule has 2 aromatic carbocycles. The molecule has 1 saturated heterocycles. The Hall–Kier alpha value is -3.75. The summed E-state index contributed by atoms with van der Waals surface area (Å²) < 4.78 is 1.36. The number of benzene rings is 2. The van der Waals surface area contributed by atoms with Crippen LogP contribution in [0.25, 0.3) is 10.8 Å². The van der Waals surface area contributed by atoms with Crippen LogP contribution in [0.2, 0.25) is 0 Å². The van der Waals surface area contributed by atoms with Crippen molar-refractivity contribution in [1.82, 2.24) is 14.7 Å². The molecular weight excluding hydrogens is 398 g/mol. The van der Waals surface area contributed by atoms with E-state index in [0.29, 0.717) is 37.0 Å². The first-order chi connectivity index (χ1) is 14.9. The van der Waals surface area contributed by atoms with Gasteiger partial charge in [0.2, 0.25) is 0 Å². The van der Waals surface area contributed by atoms with E-state index in [1.807, 2.05) is 13.8 Å². The molecule has 31 heavy (non-hydrogen) atoms. The van der Waals surface area contributed by atoms with Crippen molar-refractivity contribution < 1.29 is 9.72 Å². The standard InChI is InChI=1S/C22H23N5O4/c1-15(2)26-21(28)19-6-4-3-5-18(19)20(23-26)22(29)25-13-11-24(12-14-25)16-7-9-17(10-8-16)27(30)31/h3-10,15H,11-14H2,1-2H3.